The number of hydrogen-bond donors (Lipinski definition) is 1. The van der Waals surface area contributed by atoms with Gasteiger partial charge < -0.3 is 14.8 Å². The molecular weight excluding hydrogens is 242 g/mol. The second-order valence-corrected chi connectivity index (χ2v) is 4.38. The lowest BCUT2D eigenvalue weighted by Crippen LogP contribution is -2.24. The van der Waals surface area contributed by atoms with Crippen molar-refractivity contribution in [2.75, 3.05) is 26.1 Å². The summed E-state index contributed by atoms with van der Waals surface area (Å²) in [4.78, 5) is 8.63. The van der Waals surface area contributed by atoms with E-state index >= 15 is 0 Å². The van der Waals surface area contributed by atoms with Crippen molar-refractivity contribution < 1.29 is 9.47 Å². The van der Waals surface area contributed by atoms with Crippen LogP contribution >= 0.6 is 11.6 Å². The summed E-state index contributed by atoms with van der Waals surface area (Å²) < 4.78 is 10.2. The first-order valence-electron chi connectivity index (χ1n) is 5.57. The predicted molar refractivity (Wildman–Crippen MR) is 65.3 cm³/mol. The molecule has 0 bridgehead atoms. The third-order valence-electron chi connectivity index (χ3n) is 2.63. The van der Waals surface area contributed by atoms with Gasteiger partial charge in [-0.1, -0.05) is 11.6 Å². The lowest BCUT2D eigenvalue weighted by atomic mass is 10.4. The van der Waals surface area contributed by atoms with E-state index in [9.17, 15) is 0 Å². The number of methoxy groups -OCH3 is 2. The second-order valence-electron chi connectivity index (χ2n) is 3.99. The quantitative estimate of drug-likeness (QED) is 0.624. The summed E-state index contributed by atoms with van der Waals surface area (Å²) in [5, 5.41) is 3.59. The summed E-state index contributed by atoms with van der Waals surface area (Å²) in [7, 11) is 3.19. The Balaban J connectivity index is 1.99. The zero-order valence-electron chi connectivity index (χ0n) is 9.94. The van der Waals surface area contributed by atoms with Gasteiger partial charge in [0.25, 0.3) is 0 Å². The average molecular weight is 258 g/mol. The molecule has 1 aromatic rings. The van der Waals surface area contributed by atoms with E-state index in [4.69, 9.17) is 21.1 Å². The highest BCUT2D eigenvalue weighted by atomic mass is 35.5. The minimum atomic E-state index is -0.298. The fourth-order valence-electron chi connectivity index (χ4n) is 1.50. The number of hydrogen-bond acceptors (Lipinski definition) is 5. The maximum Gasteiger partial charge on any atom is 0.173 e. The third-order valence-corrected chi connectivity index (χ3v) is 2.82. The van der Waals surface area contributed by atoms with Crippen LogP contribution in [-0.4, -0.2) is 37.0 Å². The largest absolute Gasteiger partial charge is 0.365 e. The van der Waals surface area contributed by atoms with E-state index in [1.807, 2.05) is 0 Å². The van der Waals surface area contributed by atoms with Gasteiger partial charge >= 0.3 is 0 Å². The summed E-state index contributed by atoms with van der Waals surface area (Å²) in [6.07, 6.45) is 2.00. The monoisotopic (exact) mass is 257 g/mol. The van der Waals surface area contributed by atoms with Gasteiger partial charge in [0, 0.05) is 26.2 Å². The molecule has 0 amide bonds. The first-order valence-corrected chi connectivity index (χ1v) is 5.94. The number of aromatic nitrogens is 2. The number of anilines is 1. The normalized spacial score (nSPS) is 15.3. The molecule has 1 fully saturated rings. The zero-order chi connectivity index (χ0) is 12.3. The van der Waals surface area contributed by atoms with Gasteiger partial charge in [-0.15, -0.1) is 0 Å². The molecule has 1 aliphatic rings. The van der Waals surface area contributed by atoms with Crippen LogP contribution in [0.2, 0.25) is 5.15 Å². The number of rotatable bonds is 6. The molecule has 0 unspecified atom stereocenters. The van der Waals surface area contributed by atoms with Gasteiger partial charge in [0.05, 0.1) is 6.54 Å². The SMILES string of the molecule is COC(CNc1cc(Cl)nc(C2CC2)n1)OC. The third kappa shape index (κ3) is 3.52. The van der Waals surface area contributed by atoms with Crippen molar-refractivity contribution in [1.82, 2.24) is 9.97 Å². The maximum absolute atomic E-state index is 5.95. The molecule has 17 heavy (non-hydrogen) atoms. The van der Waals surface area contributed by atoms with Crippen molar-refractivity contribution in [3.63, 3.8) is 0 Å². The van der Waals surface area contributed by atoms with E-state index in [1.54, 1.807) is 20.3 Å². The molecule has 0 aromatic carbocycles. The summed E-state index contributed by atoms with van der Waals surface area (Å²) in [5.41, 5.74) is 0. The molecule has 0 spiro atoms. The Morgan fingerprint density at radius 3 is 2.71 bits per heavy atom. The minimum absolute atomic E-state index is 0.298. The smallest absolute Gasteiger partial charge is 0.173 e. The molecular formula is C11H16ClN3O2. The van der Waals surface area contributed by atoms with Gasteiger partial charge in [0.15, 0.2) is 6.29 Å². The number of nitrogens with zero attached hydrogens (tertiary/aromatic N) is 2. The van der Waals surface area contributed by atoms with Gasteiger partial charge in [0.1, 0.15) is 16.8 Å². The maximum atomic E-state index is 5.95. The highest BCUT2D eigenvalue weighted by molar-refractivity contribution is 6.29. The van der Waals surface area contributed by atoms with Crippen molar-refractivity contribution >= 4 is 17.4 Å². The first-order chi connectivity index (χ1) is 8.22. The van der Waals surface area contributed by atoms with Crippen LogP contribution in [0, 0.1) is 0 Å². The van der Waals surface area contributed by atoms with Crippen LogP contribution in [0.1, 0.15) is 24.6 Å². The standard InChI is InChI=1S/C11H16ClN3O2/c1-16-10(17-2)6-13-9-5-8(12)14-11(15-9)7-3-4-7/h5,7,10H,3-4,6H2,1-2H3,(H,13,14,15). The Hall–Kier alpha value is -0.910. The van der Waals surface area contributed by atoms with Gasteiger partial charge in [-0.25, -0.2) is 9.97 Å². The minimum Gasteiger partial charge on any atom is -0.365 e. The molecule has 6 heteroatoms. The number of ether oxygens (including phenoxy) is 2. The summed E-state index contributed by atoms with van der Waals surface area (Å²) >= 11 is 5.95. The number of halogens is 1. The Morgan fingerprint density at radius 2 is 2.12 bits per heavy atom. The Labute approximate surface area is 105 Å². The lowest BCUT2D eigenvalue weighted by Gasteiger charge is -2.14. The van der Waals surface area contributed by atoms with Crippen LogP contribution in [0.5, 0.6) is 0 Å². The van der Waals surface area contributed by atoms with Gasteiger partial charge in [-0.2, -0.15) is 0 Å². The molecule has 1 aliphatic carbocycles. The van der Waals surface area contributed by atoms with Crippen molar-refractivity contribution in [2.45, 2.75) is 25.0 Å². The first kappa shape index (κ1) is 12.5. The summed E-state index contributed by atoms with van der Waals surface area (Å²) in [6, 6.07) is 1.70. The molecule has 0 aliphatic heterocycles. The molecule has 0 radical (unpaired) electrons. The summed E-state index contributed by atoms with van der Waals surface area (Å²) in [5.74, 6) is 2.02. The van der Waals surface area contributed by atoms with Gasteiger partial charge in [0.2, 0.25) is 0 Å². The van der Waals surface area contributed by atoms with Crippen LogP contribution in [0.3, 0.4) is 0 Å². The molecule has 5 nitrogen and oxygen atoms in total. The van der Waals surface area contributed by atoms with Crippen LogP contribution in [0.4, 0.5) is 5.82 Å². The van der Waals surface area contributed by atoms with E-state index in [0.717, 1.165) is 18.7 Å². The highest BCUT2D eigenvalue weighted by Crippen LogP contribution is 2.38. The molecule has 0 atom stereocenters. The van der Waals surface area contributed by atoms with E-state index in [2.05, 4.69) is 15.3 Å². The molecule has 2 rings (SSSR count). The fraction of sp³-hybridized carbons (Fsp3) is 0.636. The zero-order valence-corrected chi connectivity index (χ0v) is 10.7. The van der Waals surface area contributed by atoms with Crippen LogP contribution in [0.15, 0.2) is 6.07 Å². The lowest BCUT2D eigenvalue weighted by molar-refractivity contribution is -0.0914. The molecule has 1 aromatic heterocycles. The van der Waals surface area contributed by atoms with Gasteiger partial charge in [-0.3, -0.25) is 0 Å². The van der Waals surface area contributed by atoms with Crippen LogP contribution < -0.4 is 5.32 Å². The topological polar surface area (TPSA) is 56.3 Å². The molecule has 0 saturated heterocycles. The van der Waals surface area contributed by atoms with Crippen molar-refractivity contribution in [3.8, 4) is 0 Å². The number of nitrogens with one attached hydrogen (secondary N) is 1. The van der Waals surface area contributed by atoms with E-state index in [1.165, 1.54) is 0 Å². The van der Waals surface area contributed by atoms with E-state index in [0.29, 0.717) is 23.4 Å². The Bertz CT molecular complexity index is 381. The predicted octanol–water partition coefficient (Wildman–Crippen LogP) is 2.04. The molecule has 94 valence electrons. The molecule has 1 N–H and O–H groups in total. The van der Waals surface area contributed by atoms with Crippen molar-refractivity contribution in [1.29, 1.82) is 0 Å². The fourth-order valence-corrected chi connectivity index (χ4v) is 1.69. The van der Waals surface area contributed by atoms with Crippen molar-refractivity contribution in [2.24, 2.45) is 0 Å². The molecule has 1 heterocycles. The highest BCUT2D eigenvalue weighted by Gasteiger charge is 2.27. The Morgan fingerprint density at radius 1 is 1.41 bits per heavy atom. The molecule has 1 saturated carbocycles. The summed E-state index contributed by atoms with van der Waals surface area (Å²) in [6.45, 7) is 0.518. The average Bonchev–Trinajstić information content (AvgIpc) is 3.13. The van der Waals surface area contributed by atoms with E-state index in [-0.39, 0.29) is 6.29 Å². The van der Waals surface area contributed by atoms with Gasteiger partial charge in [-0.05, 0) is 12.8 Å². The second kappa shape index (κ2) is 5.62. The van der Waals surface area contributed by atoms with Crippen LogP contribution in [-0.2, 0) is 9.47 Å². The van der Waals surface area contributed by atoms with E-state index < -0.39 is 0 Å². The Kier molecular flexibility index (Phi) is 4.15. The van der Waals surface area contributed by atoms with Crippen molar-refractivity contribution in [3.05, 3.63) is 17.0 Å². The van der Waals surface area contributed by atoms with Crippen LogP contribution in [0.25, 0.3) is 0 Å².